The fourth-order valence-corrected chi connectivity index (χ4v) is 2.49. The molecule has 0 saturated carbocycles. The van der Waals surface area contributed by atoms with Crippen LogP contribution in [0.15, 0.2) is 18.0 Å². The Kier molecular flexibility index (Phi) is 10.1. The van der Waals surface area contributed by atoms with Crippen LogP contribution in [-0.2, 0) is 13.0 Å². The molecule has 0 atom stereocenters. The summed E-state index contributed by atoms with van der Waals surface area (Å²) in [5, 5.41) is 6.76. The summed E-state index contributed by atoms with van der Waals surface area (Å²) in [5.74, 6) is 2.18. The minimum atomic E-state index is 0. The van der Waals surface area contributed by atoms with Gasteiger partial charge in [0.25, 0.3) is 0 Å². The van der Waals surface area contributed by atoms with Crippen molar-refractivity contribution in [3.8, 4) is 0 Å². The maximum Gasteiger partial charge on any atom is 0.0926 e. The Hall–Kier alpha value is -0.0300. The summed E-state index contributed by atoms with van der Waals surface area (Å²) in [4.78, 5) is 4.50. The molecule has 0 spiro atoms. The standard InChI is InChI=1S/C11H18N2S2.ClH/c1-3-6-14-7-5-12-8-10-9-15-11(4-2)13-10;/h3,9,12H,1,4-8H2,2H3;1H. The van der Waals surface area contributed by atoms with Gasteiger partial charge in [0.1, 0.15) is 0 Å². The van der Waals surface area contributed by atoms with E-state index in [0.29, 0.717) is 0 Å². The van der Waals surface area contributed by atoms with Crippen LogP contribution in [0.2, 0.25) is 0 Å². The van der Waals surface area contributed by atoms with Gasteiger partial charge >= 0.3 is 0 Å². The molecule has 0 aliphatic carbocycles. The smallest absolute Gasteiger partial charge is 0.0926 e. The molecule has 1 aromatic heterocycles. The highest BCUT2D eigenvalue weighted by Crippen LogP contribution is 2.09. The number of rotatable bonds is 8. The van der Waals surface area contributed by atoms with E-state index in [4.69, 9.17) is 0 Å². The monoisotopic (exact) mass is 278 g/mol. The number of thiazole rings is 1. The van der Waals surface area contributed by atoms with Crippen molar-refractivity contribution in [1.82, 2.24) is 10.3 Å². The first kappa shape index (κ1) is 16.0. The number of aromatic nitrogens is 1. The molecule has 0 aromatic carbocycles. The fourth-order valence-electron chi connectivity index (χ4n) is 1.12. The van der Waals surface area contributed by atoms with E-state index in [1.807, 2.05) is 17.8 Å². The quantitative estimate of drug-likeness (QED) is 0.584. The third kappa shape index (κ3) is 6.53. The molecule has 0 bridgehead atoms. The summed E-state index contributed by atoms with van der Waals surface area (Å²) < 4.78 is 0. The van der Waals surface area contributed by atoms with Gasteiger partial charge in [0.05, 0.1) is 10.7 Å². The second-order valence-electron chi connectivity index (χ2n) is 3.13. The van der Waals surface area contributed by atoms with E-state index in [-0.39, 0.29) is 12.4 Å². The molecule has 0 amide bonds. The highest BCUT2D eigenvalue weighted by Gasteiger charge is 1.98. The number of hydrogen-bond donors (Lipinski definition) is 1. The molecular weight excluding hydrogens is 260 g/mol. The minimum absolute atomic E-state index is 0. The summed E-state index contributed by atoms with van der Waals surface area (Å²) in [6, 6.07) is 0. The molecule has 1 heterocycles. The van der Waals surface area contributed by atoms with E-state index in [0.717, 1.165) is 31.0 Å². The summed E-state index contributed by atoms with van der Waals surface area (Å²) in [5.41, 5.74) is 1.17. The maximum absolute atomic E-state index is 4.50. The number of halogens is 1. The van der Waals surface area contributed by atoms with E-state index in [9.17, 15) is 0 Å². The van der Waals surface area contributed by atoms with Gasteiger partial charge < -0.3 is 5.32 Å². The first-order chi connectivity index (χ1) is 7.36. The first-order valence-corrected chi connectivity index (χ1v) is 7.23. The van der Waals surface area contributed by atoms with Crippen LogP contribution in [0.1, 0.15) is 17.6 Å². The van der Waals surface area contributed by atoms with Crippen LogP contribution in [0.25, 0.3) is 0 Å². The molecule has 0 radical (unpaired) electrons. The van der Waals surface area contributed by atoms with E-state index in [1.54, 1.807) is 11.3 Å². The zero-order chi connectivity index (χ0) is 10.9. The van der Waals surface area contributed by atoms with Crippen molar-refractivity contribution in [3.63, 3.8) is 0 Å². The number of thioether (sulfide) groups is 1. The van der Waals surface area contributed by atoms with E-state index in [1.165, 1.54) is 10.7 Å². The van der Waals surface area contributed by atoms with E-state index < -0.39 is 0 Å². The number of hydrogen-bond acceptors (Lipinski definition) is 4. The topological polar surface area (TPSA) is 24.9 Å². The molecule has 92 valence electrons. The zero-order valence-corrected chi connectivity index (χ0v) is 12.0. The van der Waals surface area contributed by atoms with E-state index in [2.05, 4.69) is 29.2 Å². The van der Waals surface area contributed by atoms with Crippen molar-refractivity contribution in [1.29, 1.82) is 0 Å². The summed E-state index contributed by atoms with van der Waals surface area (Å²) in [6.45, 7) is 7.76. The van der Waals surface area contributed by atoms with Gasteiger partial charge in [-0.15, -0.1) is 30.3 Å². The Morgan fingerprint density at radius 1 is 1.62 bits per heavy atom. The minimum Gasteiger partial charge on any atom is -0.310 e. The van der Waals surface area contributed by atoms with Crippen LogP contribution in [-0.4, -0.2) is 23.0 Å². The van der Waals surface area contributed by atoms with Crippen LogP contribution >= 0.6 is 35.5 Å². The Bertz CT molecular complexity index is 289. The molecule has 1 aromatic rings. The third-order valence-corrected chi connectivity index (χ3v) is 3.87. The number of nitrogens with one attached hydrogen (secondary N) is 1. The summed E-state index contributed by atoms with van der Waals surface area (Å²) in [7, 11) is 0. The molecule has 0 fully saturated rings. The highest BCUT2D eigenvalue weighted by atomic mass is 35.5. The normalized spacial score (nSPS) is 9.81. The molecule has 2 nitrogen and oxygen atoms in total. The second-order valence-corrected chi connectivity index (χ2v) is 5.22. The first-order valence-electron chi connectivity index (χ1n) is 5.19. The molecule has 16 heavy (non-hydrogen) atoms. The van der Waals surface area contributed by atoms with Gasteiger partial charge in [0.2, 0.25) is 0 Å². The van der Waals surface area contributed by atoms with Crippen molar-refractivity contribution in [2.75, 3.05) is 18.1 Å². The van der Waals surface area contributed by atoms with Gasteiger partial charge in [-0.3, -0.25) is 0 Å². The Morgan fingerprint density at radius 2 is 2.44 bits per heavy atom. The zero-order valence-electron chi connectivity index (χ0n) is 9.57. The van der Waals surface area contributed by atoms with Gasteiger partial charge in [0, 0.05) is 30.0 Å². The van der Waals surface area contributed by atoms with Gasteiger partial charge in [0.15, 0.2) is 0 Å². The maximum atomic E-state index is 4.50. The van der Waals surface area contributed by atoms with Crippen molar-refractivity contribution in [3.05, 3.63) is 28.7 Å². The molecule has 1 rings (SSSR count). The Morgan fingerprint density at radius 3 is 3.06 bits per heavy atom. The predicted molar refractivity (Wildman–Crippen MR) is 78.0 cm³/mol. The average molecular weight is 279 g/mol. The highest BCUT2D eigenvalue weighted by molar-refractivity contribution is 7.99. The van der Waals surface area contributed by atoms with Crippen LogP contribution in [0.5, 0.6) is 0 Å². The Balaban J connectivity index is 0.00000225. The lowest BCUT2D eigenvalue weighted by Gasteiger charge is -2.01. The molecule has 5 heteroatoms. The van der Waals surface area contributed by atoms with Crippen molar-refractivity contribution < 1.29 is 0 Å². The van der Waals surface area contributed by atoms with Gasteiger partial charge in [-0.25, -0.2) is 4.98 Å². The van der Waals surface area contributed by atoms with Crippen molar-refractivity contribution >= 4 is 35.5 Å². The average Bonchev–Trinajstić information content (AvgIpc) is 2.71. The molecule has 1 N–H and O–H groups in total. The summed E-state index contributed by atoms with van der Waals surface area (Å²) in [6.07, 6.45) is 2.98. The molecular formula is C11H19ClN2S2. The van der Waals surface area contributed by atoms with Crippen LogP contribution in [0, 0.1) is 0 Å². The largest absolute Gasteiger partial charge is 0.310 e. The van der Waals surface area contributed by atoms with Gasteiger partial charge in [-0.1, -0.05) is 13.0 Å². The lowest BCUT2D eigenvalue weighted by molar-refractivity contribution is 0.717. The van der Waals surface area contributed by atoms with Crippen LogP contribution in [0.4, 0.5) is 0 Å². The van der Waals surface area contributed by atoms with E-state index >= 15 is 0 Å². The van der Waals surface area contributed by atoms with Gasteiger partial charge in [-0.2, -0.15) is 11.8 Å². The van der Waals surface area contributed by atoms with Crippen molar-refractivity contribution in [2.45, 2.75) is 19.9 Å². The Labute approximate surface area is 112 Å². The molecule has 0 saturated heterocycles. The van der Waals surface area contributed by atoms with Crippen LogP contribution < -0.4 is 5.32 Å². The lowest BCUT2D eigenvalue weighted by Crippen LogP contribution is -2.16. The number of nitrogens with zero attached hydrogens (tertiary/aromatic N) is 1. The molecule has 0 aliphatic rings. The van der Waals surface area contributed by atoms with Crippen molar-refractivity contribution in [2.24, 2.45) is 0 Å². The van der Waals surface area contributed by atoms with Gasteiger partial charge in [-0.05, 0) is 6.42 Å². The fraction of sp³-hybridized carbons (Fsp3) is 0.545. The lowest BCUT2D eigenvalue weighted by atomic mass is 10.4. The third-order valence-electron chi connectivity index (χ3n) is 1.87. The molecule has 0 aliphatic heterocycles. The van der Waals surface area contributed by atoms with Crippen LogP contribution in [0.3, 0.4) is 0 Å². The predicted octanol–water partition coefficient (Wildman–Crippen LogP) is 3.14. The number of aryl methyl sites for hydroxylation is 1. The summed E-state index contributed by atoms with van der Waals surface area (Å²) >= 11 is 3.65. The second kappa shape index (κ2) is 10.1. The molecule has 0 unspecified atom stereocenters. The SMILES string of the molecule is C=CCSCCNCc1csc(CC)n1.Cl.